The summed E-state index contributed by atoms with van der Waals surface area (Å²) in [6.45, 7) is 6.12. The molecule has 1 aromatic carbocycles. The molecule has 0 saturated carbocycles. The van der Waals surface area contributed by atoms with E-state index >= 15 is 0 Å². The van der Waals surface area contributed by atoms with Gasteiger partial charge < -0.3 is 14.5 Å². The van der Waals surface area contributed by atoms with E-state index in [1.165, 1.54) is 10.5 Å². The number of ether oxygens (including phenoxy) is 1. The van der Waals surface area contributed by atoms with Crippen LogP contribution in [0, 0.1) is 0 Å². The van der Waals surface area contributed by atoms with E-state index in [4.69, 9.17) is 4.74 Å². The average Bonchev–Trinajstić information content (AvgIpc) is 2.85. The Morgan fingerprint density at radius 2 is 1.75 bits per heavy atom. The monoisotopic (exact) mass is 476 g/mol. The Balaban J connectivity index is 1.39. The number of hydrogen-bond acceptors (Lipinski definition) is 7. The second-order valence-corrected chi connectivity index (χ2v) is 10.8. The molecular weight excluding hydrogens is 448 g/mol. The van der Waals surface area contributed by atoms with Gasteiger partial charge in [-0.15, -0.1) is 11.8 Å². The zero-order chi connectivity index (χ0) is 22.6. The molecule has 1 amide bonds. The molecule has 2 aliphatic heterocycles. The van der Waals surface area contributed by atoms with Crippen LogP contribution < -0.4 is 4.90 Å². The normalized spacial score (nSPS) is 18.0. The van der Waals surface area contributed by atoms with Crippen LogP contribution in [0.3, 0.4) is 0 Å². The Hall–Kier alpha value is -2.14. The summed E-state index contributed by atoms with van der Waals surface area (Å²) in [6.07, 6.45) is 1.43. The predicted octanol–water partition coefficient (Wildman–Crippen LogP) is 2.18. The molecule has 0 atom stereocenters. The fraction of sp³-hybridized carbons (Fsp3) is 0.455. The number of carbonyl (C=O) groups is 1. The standard InChI is InChI=1S/C22H28N4O4S2/c1-2-31-20-6-4-3-5-19(20)22(27)25-11-9-24(10-12-25)21-8-7-18(17-23-21)32(28,29)26-13-15-30-16-14-26/h3-8,17H,2,9-16H2,1H3. The summed E-state index contributed by atoms with van der Waals surface area (Å²) >= 11 is 1.68. The number of anilines is 1. The summed E-state index contributed by atoms with van der Waals surface area (Å²) in [5.74, 6) is 1.70. The second-order valence-electron chi connectivity index (χ2n) is 7.58. The minimum Gasteiger partial charge on any atom is -0.379 e. The van der Waals surface area contributed by atoms with Gasteiger partial charge in [0.1, 0.15) is 10.7 Å². The molecule has 1 aromatic heterocycles. The molecule has 2 aliphatic rings. The molecule has 2 fully saturated rings. The van der Waals surface area contributed by atoms with Crippen LogP contribution in [-0.2, 0) is 14.8 Å². The number of hydrogen-bond donors (Lipinski definition) is 0. The third kappa shape index (κ3) is 4.93. The number of carbonyl (C=O) groups excluding carboxylic acids is 1. The van der Waals surface area contributed by atoms with Crippen molar-refractivity contribution >= 4 is 33.5 Å². The molecule has 10 heteroatoms. The predicted molar refractivity (Wildman–Crippen MR) is 125 cm³/mol. The van der Waals surface area contributed by atoms with Crippen LogP contribution in [0.1, 0.15) is 17.3 Å². The van der Waals surface area contributed by atoms with Gasteiger partial charge in [0.15, 0.2) is 0 Å². The first-order valence-electron chi connectivity index (χ1n) is 10.8. The number of sulfonamides is 1. The van der Waals surface area contributed by atoms with Crippen LogP contribution in [0.5, 0.6) is 0 Å². The maximum absolute atomic E-state index is 13.0. The lowest BCUT2D eigenvalue weighted by Gasteiger charge is -2.35. The van der Waals surface area contributed by atoms with Crippen molar-refractivity contribution < 1.29 is 17.9 Å². The number of aromatic nitrogens is 1. The minimum atomic E-state index is -3.55. The van der Waals surface area contributed by atoms with Crippen molar-refractivity contribution in [3.63, 3.8) is 0 Å². The minimum absolute atomic E-state index is 0.0566. The van der Waals surface area contributed by atoms with E-state index in [2.05, 4.69) is 16.8 Å². The zero-order valence-electron chi connectivity index (χ0n) is 18.1. The van der Waals surface area contributed by atoms with Gasteiger partial charge in [-0.05, 0) is 30.0 Å². The molecule has 32 heavy (non-hydrogen) atoms. The number of nitrogens with zero attached hydrogens (tertiary/aromatic N) is 4. The molecule has 172 valence electrons. The Labute approximate surface area is 193 Å². The highest BCUT2D eigenvalue weighted by atomic mass is 32.2. The topological polar surface area (TPSA) is 83.1 Å². The van der Waals surface area contributed by atoms with Crippen LogP contribution in [0.25, 0.3) is 0 Å². The number of piperazine rings is 1. The van der Waals surface area contributed by atoms with Gasteiger partial charge in [-0.25, -0.2) is 13.4 Å². The molecule has 0 bridgehead atoms. The van der Waals surface area contributed by atoms with Gasteiger partial charge in [-0.1, -0.05) is 19.1 Å². The number of amides is 1. The summed E-state index contributed by atoms with van der Waals surface area (Å²) in [5, 5.41) is 0. The van der Waals surface area contributed by atoms with Crippen molar-refractivity contribution in [2.75, 3.05) is 63.1 Å². The van der Waals surface area contributed by atoms with E-state index in [-0.39, 0.29) is 10.8 Å². The van der Waals surface area contributed by atoms with Crippen molar-refractivity contribution in [1.82, 2.24) is 14.2 Å². The number of thioether (sulfide) groups is 1. The largest absolute Gasteiger partial charge is 0.379 e. The summed E-state index contributed by atoms with van der Waals surface area (Å²) in [6, 6.07) is 11.1. The number of rotatable bonds is 6. The summed E-state index contributed by atoms with van der Waals surface area (Å²) in [4.78, 5) is 22.6. The van der Waals surface area contributed by atoms with Gasteiger partial charge in [0.25, 0.3) is 5.91 Å². The first-order valence-corrected chi connectivity index (χ1v) is 13.2. The van der Waals surface area contributed by atoms with Crippen LogP contribution in [0.2, 0.25) is 0 Å². The third-order valence-corrected chi connectivity index (χ3v) is 8.47. The van der Waals surface area contributed by atoms with Crippen molar-refractivity contribution in [1.29, 1.82) is 0 Å². The number of morpholine rings is 1. The number of benzene rings is 1. The van der Waals surface area contributed by atoms with Gasteiger partial charge in [-0.2, -0.15) is 4.31 Å². The van der Waals surface area contributed by atoms with Gasteiger partial charge in [0.05, 0.1) is 18.8 Å². The Morgan fingerprint density at radius 3 is 2.41 bits per heavy atom. The van der Waals surface area contributed by atoms with Crippen LogP contribution in [-0.4, -0.2) is 86.7 Å². The maximum atomic E-state index is 13.0. The molecule has 0 N–H and O–H groups in total. The summed E-state index contributed by atoms with van der Waals surface area (Å²) in [7, 11) is -3.55. The van der Waals surface area contributed by atoms with Crippen molar-refractivity contribution in [3.8, 4) is 0 Å². The molecular formula is C22H28N4O4S2. The highest BCUT2D eigenvalue weighted by Gasteiger charge is 2.28. The lowest BCUT2D eigenvalue weighted by Crippen LogP contribution is -2.49. The fourth-order valence-electron chi connectivity index (χ4n) is 3.88. The first kappa shape index (κ1) is 23.0. The Morgan fingerprint density at radius 1 is 1.03 bits per heavy atom. The average molecular weight is 477 g/mol. The molecule has 2 aromatic rings. The molecule has 0 spiro atoms. The molecule has 0 unspecified atom stereocenters. The van der Waals surface area contributed by atoms with E-state index in [1.807, 2.05) is 29.2 Å². The molecule has 2 saturated heterocycles. The lowest BCUT2D eigenvalue weighted by molar-refractivity contribution is 0.0730. The van der Waals surface area contributed by atoms with Crippen molar-refractivity contribution in [3.05, 3.63) is 48.2 Å². The quantitative estimate of drug-likeness (QED) is 0.591. The van der Waals surface area contributed by atoms with Crippen molar-refractivity contribution in [2.24, 2.45) is 0 Å². The highest BCUT2D eigenvalue weighted by molar-refractivity contribution is 7.99. The molecule has 0 aliphatic carbocycles. The fourth-order valence-corrected chi connectivity index (χ4v) is 6.03. The van der Waals surface area contributed by atoms with E-state index in [0.29, 0.717) is 52.5 Å². The van der Waals surface area contributed by atoms with Crippen LogP contribution in [0.15, 0.2) is 52.4 Å². The Bertz CT molecular complexity index is 1030. The van der Waals surface area contributed by atoms with E-state index in [0.717, 1.165) is 22.0 Å². The Kier molecular flexibility index (Phi) is 7.34. The van der Waals surface area contributed by atoms with Crippen LogP contribution >= 0.6 is 11.8 Å². The molecule has 0 radical (unpaired) electrons. The zero-order valence-corrected chi connectivity index (χ0v) is 19.8. The van der Waals surface area contributed by atoms with E-state index in [1.54, 1.807) is 23.9 Å². The van der Waals surface area contributed by atoms with Gasteiger partial charge >= 0.3 is 0 Å². The highest BCUT2D eigenvalue weighted by Crippen LogP contribution is 2.25. The molecule has 8 nitrogen and oxygen atoms in total. The van der Waals surface area contributed by atoms with E-state index < -0.39 is 10.0 Å². The lowest BCUT2D eigenvalue weighted by atomic mass is 10.2. The van der Waals surface area contributed by atoms with Crippen LogP contribution in [0.4, 0.5) is 5.82 Å². The number of pyridine rings is 1. The summed E-state index contributed by atoms with van der Waals surface area (Å²) in [5.41, 5.74) is 0.753. The summed E-state index contributed by atoms with van der Waals surface area (Å²) < 4.78 is 32.2. The molecule has 3 heterocycles. The van der Waals surface area contributed by atoms with Gasteiger partial charge in [-0.3, -0.25) is 4.79 Å². The van der Waals surface area contributed by atoms with Gasteiger partial charge in [0.2, 0.25) is 10.0 Å². The maximum Gasteiger partial charge on any atom is 0.255 e. The smallest absolute Gasteiger partial charge is 0.255 e. The molecule has 4 rings (SSSR count). The van der Waals surface area contributed by atoms with Crippen molar-refractivity contribution in [2.45, 2.75) is 16.7 Å². The SMILES string of the molecule is CCSc1ccccc1C(=O)N1CCN(c2ccc(S(=O)(=O)N3CCOCC3)cn2)CC1. The second kappa shape index (κ2) is 10.2. The van der Waals surface area contributed by atoms with E-state index in [9.17, 15) is 13.2 Å². The van der Waals surface area contributed by atoms with Gasteiger partial charge in [0, 0.05) is 50.4 Å². The third-order valence-electron chi connectivity index (χ3n) is 5.64. The first-order chi connectivity index (χ1) is 15.5.